The zero-order valence-electron chi connectivity index (χ0n) is 16.3. The van der Waals surface area contributed by atoms with Gasteiger partial charge in [-0.15, -0.1) is 0 Å². The summed E-state index contributed by atoms with van der Waals surface area (Å²) < 4.78 is 19.7. The molecule has 2 heterocycles. The van der Waals surface area contributed by atoms with Crippen molar-refractivity contribution in [3.63, 3.8) is 0 Å². The Balaban J connectivity index is 1.74. The fourth-order valence-electron chi connectivity index (χ4n) is 3.35. The maximum Gasteiger partial charge on any atom is 0.275 e. The molecule has 1 aliphatic heterocycles. The van der Waals surface area contributed by atoms with Gasteiger partial charge in [0.1, 0.15) is 12.1 Å². The van der Waals surface area contributed by atoms with Crippen LogP contribution in [0.2, 0.25) is 0 Å². The molecule has 1 fully saturated rings. The highest BCUT2D eigenvalue weighted by Gasteiger charge is 2.25. The quantitative estimate of drug-likeness (QED) is 0.733. The molecule has 5 nitrogen and oxygen atoms in total. The first-order valence-corrected chi connectivity index (χ1v) is 9.67. The monoisotopic (exact) mass is 373 g/mol. The normalized spacial score (nSPS) is 15.7. The van der Waals surface area contributed by atoms with E-state index in [2.05, 4.69) is 30.7 Å². The summed E-state index contributed by atoms with van der Waals surface area (Å²) in [5.41, 5.74) is 1.000. The van der Waals surface area contributed by atoms with Gasteiger partial charge in [0, 0.05) is 31.2 Å². The number of hydrogen-bond acceptors (Lipinski definition) is 4. The Morgan fingerprint density at radius 2 is 1.93 bits per heavy atom. The maximum atomic E-state index is 14.1. The molecule has 27 heavy (non-hydrogen) atoms. The van der Waals surface area contributed by atoms with E-state index in [4.69, 9.17) is 4.42 Å². The molecule has 0 saturated carbocycles. The van der Waals surface area contributed by atoms with Crippen LogP contribution < -0.4 is 0 Å². The Morgan fingerprint density at radius 1 is 1.22 bits per heavy atom. The van der Waals surface area contributed by atoms with Crippen molar-refractivity contribution in [2.75, 3.05) is 13.1 Å². The zero-order valence-corrected chi connectivity index (χ0v) is 16.3. The number of amides is 1. The van der Waals surface area contributed by atoms with Gasteiger partial charge in [-0.05, 0) is 31.7 Å². The molecule has 6 heteroatoms. The third-order valence-corrected chi connectivity index (χ3v) is 5.37. The maximum absolute atomic E-state index is 14.1. The summed E-state index contributed by atoms with van der Waals surface area (Å²) in [6, 6.07) is 7.02. The van der Waals surface area contributed by atoms with Gasteiger partial charge in [-0.25, -0.2) is 9.37 Å². The van der Waals surface area contributed by atoms with Crippen LogP contribution in [0.15, 0.2) is 34.9 Å². The van der Waals surface area contributed by atoms with Crippen molar-refractivity contribution in [3.8, 4) is 0 Å². The number of carbonyl (C=O) groups excluding carboxylic acids is 1. The van der Waals surface area contributed by atoms with Gasteiger partial charge in [0.15, 0.2) is 5.69 Å². The number of aromatic nitrogens is 1. The molecule has 1 aliphatic rings. The van der Waals surface area contributed by atoms with Crippen molar-refractivity contribution in [1.82, 2.24) is 14.8 Å². The molecule has 0 spiro atoms. The number of oxazole rings is 1. The molecule has 1 unspecified atom stereocenters. The van der Waals surface area contributed by atoms with Crippen LogP contribution in [0.5, 0.6) is 0 Å². The van der Waals surface area contributed by atoms with E-state index >= 15 is 0 Å². The molecule has 146 valence electrons. The van der Waals surface area contributed by atoms with Gasteiger partial charge >= 0.3 is 0 Å². The van der Waals surface area contributed by atoms with Crippen LogP contribution in [0.4, 0.5) is 4.39 Å². The summed E-state index contributed by atoms with van der Waals surface area (Å²) in [5, 5.41) is 0. The molecule has 1 amide bonds. The number of benzene rings is 1. The number of halogens is 1. The summed E-state index contributed by atoms with van der Waals surface area (Å²) >= 11 is 0. The Morgan fingerprint density at radius 3 is 2.59 bits per heavy atom. The Hall–Kier alpha value is -2.21. The smallest absolute Gasteiger partial charge is 0.275 e. The van der Waals surface area contributed by atoms with E-state index in [0.717, 1.165) is 25.9 Å². The van der Waals surface area contributed by atoms with E-state index in [9.17, 15) is 9.18 Å². The van der Waals surface area contributed by atoms with Crippen molar-refractivity contribution in [2.45, 2.75) is 52.7 Å². The van der Waals surface area contributed by atoms with Gasteiger partial charge in [0.2, 0.25) is 5.89 Å². The molecular formula is C21H28FN3O2. The van der Waals surface area contributed by atoms with E-state index in [1.165, 1.54) is 12.3 Å². The Kier molecular flexibility index (Phi) is 6.26. The van der Waals surface area contributed by atoms with Crippen LogP contribution in [0.25, 0.3) is 0 Å². The van der Waals surface area contributed by atoms with E-state index in [0.29, 0.717) is 36.2 Å². The third kappa shape index (κ3) is 4.75. The first kappa shape index (κ1) is 19.5. The van der Waals surface area contributed by atoms with E-state index in [-0.39, 0.29) is 17.8 Å². The second-order valence-electron chi connectivity index (χ2n) is 7.61. The number of hydrogen-bond donors (Lipinski definition) is 0. The number of nitrogens with zero attached hydrogens (tertiary/aromatic N) is 3. The number of rotatable bonds is 7. The predicted octanol–water partition coefficient (Wildman–Crippen LogP) is 4.10. The molecule has 0 aliphatic carbocycles. The lowest BCUT2D eigenvalue weighted by Gasteiger charge is -2.30. The average molecular weight is 373 g/mol. The highest BCUT2D eigenvalue weighted by atomic mass is 19.1. The highest BCUT2D eigenvalue weighted by molar-refractivity contribution is 5.92. The molecule has 0 bridgehead atoms. The molecule has 2 aromatic rings. The molecule has 3 rings (SSSR count). The van der Waals surface area contributed by atoms with Gasteiger partial charge in [0.25, 0.3) is 5.91 Å². The molecule has 1 atom stereocenters. The minimum Gasteiger partial charge on any atom is -0.447 e. The third-order valence-electron chi connectivity index (χ3n) is 5.37. The summed E-state index contributed by atoms with van der Waals surface area (Å²) in [6.45, 7) is 8.85. The van der Waals surface area contributed by atoms with Gasteiger partial charge in [0.05, 0.1) is 6.54 Å². The largest absolute Gasteiger partial charge is 0.447 e. The molecule has 1 aromatic carbocycles. The average Bonchev–Trinajstić information content (AvgIpc) is 3.33. The summed E-state index contributed by atoms with van der Waals surface area (Å²) in [5.74, 6) is 0.592. The molecule has 1 aromatic heterocycles. The SMILES string of the molecule is CC(C)C(C)N(Cc1nc(C(=O)N2CCCC2)co1)Cc1ccccc1F. The topological polar surface area (TPSA) is 49.6 Å². The van der Waals surface area contributed by atoms with E-state index in [1.807, 2.05) is 11.0 Å². The molecule has 1 saturated heterocycles. The molecule has 0 radical (unpaired) electrons. The first-order chi connectivity index (χ1) is 13.0. The summed E-state index contributed by atoms with van der Waals surface area (Å²) in [6.07, 6.45) is 3.52. The minimum absolute atomic E-state index is 0.0694. The van der Waals surface area contributed by atoms with Crippen LogP contribution in [0, 0.1) is 11.7 Å². The van der Waals surface area contributed by atoms with Crippen molar-refractivity contribution >= 4 is 5.91 Å². The van der Waals surface area contributed by atoms with Crippen LogP contribution in [0.1, 0.15) is 55.6 Å². The van der Waals surface area contributed by atoms with Crippen molar-refractivity contribution in [1.29, 1.82) is 0 Å². The summed E-state index contributed by atoms with van der Waals surface area (Å²) in [7, 11) is 0. The minimum atomic E-state index is -0.212. The Bertz CT molecular complexity index is 768. The Labute approximate surface area is 160 Å². The predicted molar refractivity (Wildman–Crippen MR) is 102 cm³/mol. The van der Waals surface area contributed by atoms with Gasteiger partial charge in [-0.2, -0.15) is 0 Å². The van der Waals surface area contributed by atoms with Crippen LogP contribution in [-0.4, -0.2) is 39.8 Å². The van der Waals surface area contributed by atoms with Crippen LogP contribution >= 0.6 is 0 Å². The fourth-order valence-corrected chi connectivity index (χ4v) is 3.35. The number of likely N-dealkylation sites (tertiary alicyclic amines) is 1. The van der Waals surface area contributed by atoms with Crippen LogP contribution in [-0.2, 0) is 13.1 Å². The fraction of sp³-hybridized carbons (Fsp3) is 0.524. The standard InChI is InChI=1S/C21H28FN3O2/c1-15(2)16(3)25(12-17-8-4-5-9-18(17)22)13-20-23-19(14-27-20)21(26)24-10-6-7-11-24/h4-5,8-9,14-16H,6-7,10-13H2,1-3H3. The lowest BCUT2D eigenvalue weighted by molar-refractivity contribution is 0.0786. The lowest BCUT2D eigenvalue weighted by Crippen LogP contribution is -2.36. The second kappa shape index (κ2) is 8.65. The second-order valence-corrected chi connectivity index (χ2v) is 7.61. The van der Waals surface area contributed by atoms with Crippen LogP contribution in [0.3, 0.4) is 0 Å². The van der Waals surface area contributed by atoms with Gasteiger partial charge < -0.3 is 9.32 Å². The summed E-state index contributed by atoms with van der Waals surface area (Å²) in [4.78, 5) is 20.8. The van der Waals surface area contributed by atoms with E-state index in [1.54, 1.807) is 12.1 Å². The first-order valence-electron chi connectivity index (χ1n) is 9.67. The highest BCUT2D eigenvalue weighted by Crippen LogP contribution is 2.20. The molecular weight excluding hydrogens is 345 g/mol. The van der Waals surface area contributed by atoms with Gasteiger partial charge in [-0.1, -0.05) is 32.0 Å². The zero-order chi connectivity index (χ0) is 19.4. The molecule has 0 N–H and O–H groups in total. The lowest BCUT2D eigenvalue weighted by atomic mass is 10.0. The van der Waals surface area contributed by atoms with Crippen molar-refractivity contribution in [2.24, 2.45) is 5.92 Å². The van der Waals surface area contributed by atoms with Gasteiger partial charge in [-0.3, -0.25) is 9.69 Å². The van der Waals surface area contributed by atoms with Crippen molar-refractivity contribution in [3.05, 3.63) is 53.5 Å². The van der Waals surface area contributed by atoms with E-state index < -0.39 is 0 Å². The van der Waals surface area contributed by atoms with Crippen molar-refractivity contribution < 1.29 is 13.6 Å². The number of carbonyl (C=O) groups is 1.